The first kappa shape index (κ1) is 17.6. The molecule has 2 aromatic rings. The molecule has 0 atom stereocenters. The van der Waals surface area contributed by atoms with E-state index < -0.39 is 6.09 Å². The fourth-order valence-corrected chi connectivity index (χ4v) is 2.17. The van der Waals surface area contributed by atoms with Crippen molar-refractivity contribution >= 4 is 6.09 Å². The molecule has 0 spiro atoms. The maximum Gasteiger partial charge on any atom is 0.407 e. The highest BCUT2D eigenvalue weighted by Crippen LogP contribution is 2.07. The van der Waals surface area contributed by atoms with Gasteiger partial charge in [-0.05, 0) is 30.2 Å². The Morgan fingerprint density at radius 2 is 1.83 bits per heavy atom. The molecule has 2 aromatic carbocycles. The normalized spacial score (nSPS) is 9.71. The van der Waals surface area contributed by atoms with E-state index >= 15 is 0 Å². The lowest BCUT2D eigenvalue weighted by molar-refractivity contribution is 0.140. The van der Waals surface area contributed by atoms with E-state index in [0.717, 1.165) is 23.1 Å². The maximum atomic E-state index is 11.6. The number of benzene rings is 2. The topological polar surface area (TPSA) is 64.3 Å². The second-order valence-corrected chi connectivity index (χ2v) is 5.24. The van der Waals surface area contributed by atoms with Crippen LogP contribution >= 0.6 is 0 Å². The summed E-state index contributed by atoms with van der Waals surface area (Å²) in [5, 5.41) is 2.70. The number of nitrogens with one attached hydrogen (secondary N) is 1. The molecule has 124 valence electrons. The maximum absolute atomic E-state index is 11.6. The number of hydrogen-bond donors (Lipinski definition) is 2. The van der Waals surface area contributed by atoms with Gasteiger partial charge in [0.1, 0.15) is 6.61 Å². The van der Waals surface area contributed by atoms with Crippen LogP contribution in [-0.4, -0.2) is 19.2 Å². The smallest absolute Gasteiger partial charge is 0.407 e. The van der Waals surface area contributed by atoms with Gasteiger partial charge in [0.15, 0.2) is 0 Å². The monoisotopic (exact) mass is 322 g/mol. The number of ether oxygens (including phenoxy) is 1. The molecule has 0 bridgehead atoms. The van der Waals surface area contributed by atoms with E-state index in [4.69, 9.17) is 10.5 Å². The van der Waals surface area contributed by atoms with E-state index in [9.17, 15) is 4.79 Å². The molecule has 0 saturated carbocycles. The Morgan fingerprint density at radius 1 is 1.08 bits per heavy atom. The minimum atomic E-state index is -0.427. The summed E-state index contributed by atoms with van der Waals surface area (Å²) in [6.07, 6.45) is 0.955. The van der Waals surface area contributed by atoms with Gasteiger partial charge in [-0.25, -0.2) is 4.79 Å². The minimum absolute atomic E-state index is 0.269. The molecule has 24 heavy (non-hydrogen) atoms. The fraction of sp³-hybridized carbons (Fsp3) is 0.250. The van der Waals surface area contributed by atoms with Crippen LogP contribution < -0.4 is 11.1 Å². The number of hydrogen-bond acceptors (Lipinski definition) is 3. The van der Waals surface area contributed by atoms with Crippen LogP contribution in [0.15, 0.2) is 54.6 Å². The van der Waals surface area contributed by atoms with Gasteiger partial charge >= 0.3 is 6.09 Å². The second kappa shape index (κ2) is 10.1. The molecule has 0 unspecified atom stereocenters. The van der Waals surface area contributed by atoms with Gasteiger partial charge in [-0.1, -0.05) is 60.4 Å². The molecule has 0 aliphatic heterocycles. The highest BCUT2D eigenvalue weighted by Gasteiger charge is 2.01. The van der Waals surface area contributed by atoms with E-state index in [-0.39, 0.29) is 6.61 Å². The van der Waals surface area contributed by atoms with Crippen molar-refractivity contribution in [3.05, 3.63) is 71.3 Å². The fourth-order valence-electron chi connectivity index (χ4n) is 2.17. The number of nitrogens with two attached hydrogens (primary N) is 1. The molecule has 0 fully saturated rings. The third-order valence-corrected chi connectivity index (χ3v) is 3.39. The predicted octanol–water partition coefficient (Wildman–Crippen LogP) is 2.86. The Kier molecular flexibility index (Phi) is 7.39. The highest BCUT2D eigenvalue weighted by atomic mass is 16.5. The molecule has 0 radical (unpaired) electrons. The summed E-state index contributed by atoms with van der Waals surface area (Å²) in [6, 6.07) is 17.5. The molecular weight excluding hydrogens is 300 g/mol. The summed E-state index contributed by atoms with van der Waals surface area (Å²) in [6.45, 7) is 1.33. The largest absolute Gasteiger partial charge is 0.445 e. The van der Waals surface area contributed by atoms with Gasteiger partial charge in [-0.3, -0.25) is 0 Å². The number of amides is 1. The van der Waals surface area contributed by atoms with Crippen molar-refractivity contribution in [1.82, 2.24) is 5.32 Å². The zero-order valence-corrected chi connectivity index (χ0v) is 13.6. The molecule has 4 nitrogen and oxygen atoms in total. The number of alkyl carbamates (subject to hydrolysis) is 1. The average molecular weight is 322 g/mol. The van der Waals surface area contributed by atoms with Crippen LogP contribution in [-0.2, 0) is 17.8 Å². The van der Waals surface area contributed by atoms with Crippen molar-refractivity contribution in [3.63, 3.8) is 0 Å². The second-order valence-electron chi connectivity index (χ2n) is 5.24. The van der Waals surface area contributed by atoms with Gasteiger partial charge in [-0.15, -0.1) is 0 Å². The molecule has 0 aromatic heterocycles. The highest BCUT2D eigenvalue weighted by molar-refractivity contribution is 5.67. The zero-order valence-electron chi connectivity index (χ0n) is 13.6. The third kappa shape index (κ3) is 6.15. The SMILES string of the molecule is NCCc1ccccc1C#CCCNC(=O)OCc1ccccc1. The van der Waals surface area contributed by atoms with Crippen molar-refractivity contribution in [3.8, 4) is 11.8 Å². The van der Waals surface area contributed by atoms with Gasteiger partial charge in [0.2, 0.25) is 0 Å². The van der Waals surface area contributed by atoms with Crippen LogP contribution in [0.1, 0.15) is 23.1 Å². The van der Waals surface area contributed by atoms with Gasteiger partial charge in [-0.2, -0.15) is 0 Å². The third-order valence-electron chi connectivity index (χ3n) is 3.39. The molecule has 4 heteroatoms. The Balaban J connectivity index is 1.70. The average Bonchev–Trinajstić information content (AvgIpc) is 2.62. The summed E-state index contributed by atoms with van der Waals surface area (Å²) >= 11 is 0. The van der Waals surface area contributed by atoms with E-state index in [0.29, 0.717) is 19.5 Å². The van der Waals surface area contributed by atoms with Crippen LogP contribution in [0.4, 0.5) is 4.79 Å². The summed E-state index contributed by atoms with van der Waals surface area (Å²) in [5.41, 5.74) is 8.71. The van der Waals surface area contributed by atoms with E-state index in [2.05, 4.69) is 17.2 Å². The Morgan fingerprint density at radius 3 is 2.62 bits per heavy atom. The van der Waals surface area contributed by atoms with E-state index in [1.807, 2.05) is 54.6 Å². The molecule has 1 amide bonds. The summed E-state index contributed by atoms with van der Waals surface area (Å²) < 4.78 is 5.13. The number of carbonyl (C=O) groups excluding carboxylic acids is 1. The van der Waals surface area contributed by atoms with Gasteiger partial charge in [0.05, 0.1) is 0 Å². The van der Waals surface area contributed by atoms with Crippen molar-refractivity contribution in [1.29, 1.82) is 0 Å². The molecule has 2 rings (SSSR count). The van der Waals surface area contributed by atoms with Crippen molar-refractivity contribution in [2.75, 3.05) is 13.1 Å². The molecule has 3 N–H and O–H groups in total. The van der Waals surface area contributed by atoms with Crippen molar-refractivity contribution < 1.29 is 9.53 Å². The van der Waals surface area contributed by atoms with Gasteiger partial charge in [0, 0.05) is 18.5 Å². The van der Waals surface area contributed by atoms with Gasteiger partial charge in [0.25, 0.3) is 0 Å². The Hall–Kier alpha value is -2.77. The molecule has 0 aliphatic carbocycles. The van der Waals surface area contributed by atoms with E-state index in [1.165, 1.54) is 0 Å². The molecular formula is C20H22N2O2. The number of rotatable bonds is 6. The van der Waals surface area contributed by atoms with Gasteiger partial charge < -0.3 is 15.8 Å². The van der Waals surface area contributed by atoms with Crippen molar-refractivity contribution in [2.24, 2.45) is 5.73 Å². The van der Waals surface area contributed by atoms with Crippen LogP contribution in [0.2, 0.25) is 0 Å². The first-order valence-electron chi connectivity index (χ1n) is 8.01. The van der Waals surface area contributed by atoms with Crippen LogP contribution in [0.25, 0.3) is 0 Å². The minimum Gasteiger partial charge on any atom is -0.445 e. The lowest BCUT2D eigenvalue weighted by atomic mass is 10.1. The first-order chi connectivity index (χ1) is 11.8. The molecule has 0 heterocycles. The number of carbonyl (C=O) groups is 1. The molecule has 0 saturated heterocycles. The van der Waals surface area contributed by atoms with Crippen LogP contribution in [0, 0.1) is 11.8 Å². The summed E-state index contributed by atoms with van der Waals surface area (Å²) in [7, 11) is 0. The zero-order chi connectivity index (χ0) is 17.0. The predicted molar refractivity (Wildman–Crippen MR) is 95.3 cm³/mol. The summed E-state index contributed by atoms with van der Waals surface area (Å²) in [5.74, 6) is 6.20. The van der Waals surface area contributed by atoms with Crippen molar-refractivity contribution in [2.45, 2.75) is 19.4 Å². The lowest BCUT2D eigenvalue weighted by Crippen LogP contribution is -2.24. The lowest BCUT2D eigenvalue weighted by Gasteiger charge is -2.05. The van der Waals surface area contributed by atoms with Crippen LogP contribution in [0.5, 0.6) is 0 Å². The van der Waals surface area contributed by atoms with E-state index in [1.54, 1.807) is 0 Å². The standard InChI is InChI=1S/C20H22N2O2/c21-14-13-19-11-5-4-10-18(19)12-6-7-15-22-20(23)24-16-17-8-2-1-3-9-17/h1-5,8-11H,7,13-16,21H2,(H,22,23). The quantitative estimate of drug-likeness (QED) is 0.635. The molecule has 0 aliphatic rings. The first-order valence-corrected chi connectivity index (χ1v) is 8.01. The Bertz CT molecular complexity index is 702. The van der Waals surface area contributed by atoms with Crippen LogP contribution in [0.3, 0.4) is 0 Å². The Labute approximate surface area is 143 Å². The summed E-state index contributed by atoms with van der Waals surface area (Å²) in [4.78, 5) is 11.6.